The van der Waals surface area contributed by atoms with Crippen molar-refractivity contribution in [3.8, 4) is 17.4 Å². The van der Waals surface area contributed by atoms with Gasteiger partial charge in [-0.3, -0.25) is 4.99 Å². The molecule has 3 rings (SSSR count). The lowest BCUT2D eigenvalue weighted by atomic mass is 10.2. The number of nitrogens with zero attached hydrogens (tertiary/aromatic N) is 2. The predicted molar refractivity (Wildman–Crippen MR) is 115 cm³/mol. The third-order valence-corrected chi connectivity index (χ3v) is 4.24. The highest BCUT2D eigenvalue weighted by Crippen LogP contribution is 2.20. The summed E-state index contributed by atoms with van der Waals surface area (Å²) in [6.07, 6.45) is 1.67. The van der Waals surface area contributed by atoms with Crippen molar-refractivity contribution in [2.45, 2.75) is 20.0 Å². The number of para-hydroxylation sites is 1. The van der Waals surface area contributed by atoms with Gasteiger partial charge < -0.3 is 20.1 Å². The average molecular weight is 408 g/mol. The van der Waals surface area contributed by atoms with Gasteiger partial charge in [0.15, 0.2) is 5.96 Å². The molecular formula is C23H25FN4O2. The molecule has 0 unspecified atom stereocenters. The molecule has 6 nitrogen and oxygen atoms in total. The highest BCUT2D eigenvalue weighted by Gasteiger charge is 2.05. The van der Waals surface area contributed by atoms with Crippen molar-refractivity contribution in [1.82, 2.24) is 15.6 Å². The summed E-state index contributed by atoms with van der Waals surface area (Å²) in [5.74, 6) is 2.18. The summed E-state index contributed by atoms with van der Waals surface area (Å²) >= 11 is 0. The summed E-state index contributed by atoms with van der Waals surface area (Å²) in [4.78, 5) is 8.47. The fourth-order valence-electron chi connectivity index (χ4n) is 2.77. The van der Waals surface area contributed by atoms with Gasteiger partial charge in [-0.2, -0.15) is 0 Å². The molecule has 0 spiro atoms. The summed E-state index contributed by atoms with van der Waals surface area (Å²) in [6.45, 7) is 3.71. The monoisotopic (exact) mass is 408 g/mol. The molecule has 0 saturated carbocycles. The van der Waals surface area contributed by atoms with E-state index in [0.717, 1.165) is 16.9 Å². The minimum absolute atomic E-state index is 0.309. The van der Waals surface area contributed by atoms with Crippen molar-refractivity contribution >= 4 is 5.96 Å². The van der Waals surface area contributed by atoms with Crippen molar-refractivity contribution in [3.05, 3.63) is 83.8 Å². The van der Waals surface area contributed by atoms with Crippen molar-refractivity contribution in [3.63, 3.8) is 0 Å². The second kappa shape index (κ2) is 10.8. The minimum atomic E-state index is -0.309. The van der Waals surface area contributed by atoms with Gasteiger partial charge >= 0.3 is 0 Å². The van der Waals surface area contributed by atoms with Crippen LogP contribution in [0.1, 0.15) is 18.1 Å². The zero-order valence-corrected chi connectivity index (χ0v) is 17.1. The molecule has 0 fully saturated rings. The van der Waals surface area contributed by atoms with Gasteiger partial charge in [0.1, 0.15) is 17.3 Å². The lowest BCUT2D eigenvalue weighted by Crippen LogP contribution is -2.36. The molecule has 2 N–H and O–H groups in total. The molecular weight excluding hydrogens is 383 g/mol. The van der Waals surface area contributed by atoms with Gasteiger partial charge in [-0.05, 0) is 48.9 Å². The third kappa shape index (κ3) is 6.20. The van der Waals surface area contributed by atoms with Crippen LogP contribution < -0.4 is 20.1 Å². The number of ether oxygens (including phenoxy) is 2. The molecule has 30 heavy (non-hydrogen) atoms. The van der Waals surface area contributed by atoms with Crippen LogP contribution in [-0.2, 0) is 13.1 Å². The second-order valence-electron chi connectivity index (χ2n) is 6.38. The number of halogens is 1. The summed E-state index contributed by atoms with van der Waals surface area (Å²) in [7, 11) is 1.72. The van der Waals surface area contributed by atoms with E-state index in [4.69, 9.17) is 9.47 Å². The predicted octanol–water partition coefficient (Wildman–Crippen LogP) is 4.28. The molecule has 156 valence electrons. The minimum Gasteiger partial charge on any atom is -0.494 e. The molecule has 0 saturated heterocycles. The topological polar surface area (TPSA) is 67.8 Å². The van der Waals surface area contributed by atoms with Crippen LogP contribution in [0.2, 0.25) is 0 Å². The van der Waals surface area contributed by atoms with E-state index < -0.39 is 0 Å². The number of aliphatic imine (C=N–C) groups is 1. The van der Waals surface area contributed by atoms with Gasteiger partial charge in [0, 0.05) is 38.0 Å². The van der Waals surface area contributed by atoms with E-state index in [-0.39, 0.29) is 5.82 Å². The highest BCUT2D eigenvalue weighted by molar-refractivity contribution is 5.79. The van der Waals surface area contributed by atoms with E-state index in [1.54, 1.807) is 25.4 Å². The first-order valence-corrected chi connectivity index (χ1v) is 9.71. The van der Waals surface area contributed by atoms with Gasteiger partial charge in [0.25, 0.3) is 0 Å². The number of benzene rings is 2. The highest BCUT2D eigenvalue weighted by atomic mass is 19.1. The van der Waals surface area contributed by atoms with Crippen molar-refractivity contribution in [1.29, 1.82) is 0 Å². The molecule has 0 atom stereocenters. The molecule has 0 radical (unpaired) electrons. The van der Waals surface area contributed by atoms with Gasteiger partial charge in [0.05, 0.1) is 6.61 Å². The van der Waals surface area contributed by atoms with E-state index in [0.29, 0.717) is 37.3 Å². The molecule has 1 heterocycles. The standard InChI is InChI=1S/C23H25FN4O2/c1-3-29-21-7-5-4-6-18(21)16-28-23(25-2)27-15-17-12-13-26-22(14-17)30-20-10-8-19(24)9-11-20/h4-14H,3,15-16H2,1-2H3,(H2,25,27,28). The quantitative estimate of drug-likeness (QED) is 0.430. The molecule has 0 aliphatic rings. The van der Waals surface area contributed by atoms with Crippen molar-refractivity contribution < 1.29 is 13.9 Å². The Kier molecular flexibility index (Phi) is 7.60. The van der Waals surface area contributed by atoms with Crippen molar-refractivity contribution in [2.75, 3.05) is 13.7 Å². The smallest absolute Gasteiger partial charge is 0.219 e. The van der Waals surface area contributed by atoms with Crippen LogP contribution in [-0.4, -0.2) is 24.6 Å². The molecule has 2 aromatic carbocycles. The number of aromatic nitrogens is 1. The van der Waals surface area contributed by atoms with Crippen LogP contribution in [0.15, 0.2) is 71.9 Å². The number of nitrogens with one attached hydrogen (secondary N) is 2. The molecule has 0 bridgehead atoms. The van der Waals surface area contributed by atoms with E-state index in [2.05, 4.69) is 20.6 Å². The van der Waals surface area contributed by atoms with Gasteiger partial charge in [0.2, 0.25) is 5.88 Å². The maximum atomic E-state index is 13.0. The van der Waals surface area contributed by atoms with Gasteiger partial charge in [-0.1, -0.05) is 18.2 Å². The fourth-order valence-corrected chi connectivity index (χ4v) is 2.77. The maximum Gasteiger partial charge on any atom is 0.219 e. The van der Waals surface area contributed by atoms with Crippen LogP contribution in [0, 0.1) is 5.82 Å². The Bertz CT molecular complexity index is 977. The number of hydrogen-bond donors (Lipinski definition) is 2. The molecule has 3 aromatic rings. The van der Waals surface area contributed by atoms with Crippen molar-refractivity contribution in [2.24, 2.45) is 4.99 Å². The Morgan fingerprint density at radius 2 is 1.80 bits per heavy atom. The summed E-state index contributed by atoms with van der Waals surface area (Å²) in [5, 5.41) is 6.56. The van der Waals surface area contributed by atoms with E-state index in [9.17, 15) is 4.39 Å². The molecule has 7 heteroatoms. The molecule has 0 aliphatic heterocycles. The Morgan fingerprint density at radius 1 is 1.03 bits per heavy atom. The molecule has 0 aliphatic carbocycles. The fraction of sp³-hybridized carbons (Fsp3) is 0.217. The Morgan fingerprint density at radius 3 is 2.57 bits per heavy atom. The molecule has 1 aromatic heterocycles. The van der Waals surface area contributed by atoms with Gasteiger partial charge in [-0.25, -0.2) is 9.37 Å². The van der Waals surface area contributed by atoms with Gasteiger partial charge in [-0.15, -0.1) is 0 Å². The first-order chi connectivity index (χ1) is 14.7. The first kappa shape index (κ1) is 21.1. The molecule has 0 amide bonds. The van der Waals surface area contributed by atoms with Crippen LogP contribution >= 0.6 is 0 Å². The zero-order chi connectivity index (χ0) is 21.2. The lowest BCUT2D eigenvalue weighted by Gasteiger charge is -2.14. The van der Waals surface area contributed by atoms with Crippen LogP contribution in [0.5, 0.6) is 17.4 Å². The lowest BCUT2D eigenvalue weighted by molar-refractivity contribution is 0.336. The van der Waals surface area contributed by atoms with Crippen LogP contribution in [0.25, 0.3) is 0 Å². The Labute approximate surface area is 175 Å². The second-order valence-corrected chi connectivity index (χ2v) is 6.38. The SMILES string of the molecule is CCOc1ccccc1CNC(=NC)NCc1ccnc(Oc2ccc(F)cc2)c1. The number of pyridine rings is 1. The van der Waals surface area contributed by atoms with E-state index in [1.807, 2.05) is 43.3 Å². The average Bonchev–Trinajstić information content (AvgIpc) is 2.77. The normalized spacial score (nSPS) is 11.1. The Balaban J connectivity index is 1.55. The maximum absolute atomic E-state index is 13.0. The number of hydrogen-bond acceptors (Lipinski definition) is 4. The summed E-state index contributed by atoms with van der Waals surface area (Å²) in [5.41, 5.74) is 2.03. The third-order valence-electron chi connectivity index (χ3n) is 4.24. The largest absolute Gasteiger partial charge is 0.494 e. The summed E-state index contributed by atoms with van der Waals surface area (Å²) in [6, 6.07) is 17.5. The number of rotatable bonds is 8. The Hall–Kier alpha value is -3.61. The first-order valence-electron chi connectivity index (χ1n) is 9.71. The van der Waals surface area contributed by atoms with Crippen LogP contribution in [0.3, 0.4) is 0 Å². The van der Waals surface area contributed by atoms with E-state index in [1.165, 1.54) is 12.1 Å². The van der Waals surface area contributed by atoms with E-state index >= 15 is 0 Å². The summed E-state index contributed by atoms with van der Waals surface area (Å²) < 4.78 is 24.4. The zero-order valence-electron chi connectivity index (χ0n) is 17.1. The van der Waals surface area contributed by atoms with Crippen LogP contribution in [0.4, 0.5) is 4.39 Å². The number of guanidine groups is 1.